The van der Waals surface area contributed by atoms with Crippen molar-refractivity contribution in [2.45, 2.75) is 25.5 Å². The van der Waals surface area contributed by atoms with Gasteiger partial charge in [-0.1, -0.05) is 30.3 Å². The lowest BCUT2D eigenvalue weighted by Gasteiger charge is -2.26. The van der Waals surface area contributed by atoms with Crippen molar-refractivity contribution in [2.24, 2.45) is 0 Å². The Morgan fingerprint density at radius 1 is 1.18 bits per heavy atom. The second-order valence-corrected chi connectivity index (χ2v) is 6.56. The summed E-state index contributed by atoms with van der Waals surface area (Å²) in [6, 6.07) is 9.21. The van der Waals surface area contributed by atoms with Crippen LogP contribution in [0.4, 0.5) is 4.79 Å². The van der Waals surface area contributed by atoms with Gasteiger partial charge >= 0.3 is 6.09 Å². The van der Waals surface area contributed by atoms with Gasteiger partial charge in [-0.25, -0.2) is 4.79 Å². The zero-order valence-corrected chi connectivity index (χ0v) is 13.3. The predicted octanol–water partition coefficient (Wildman–Crippen LogP) is 2.32. The molecular formula is C16H20N2O3S. The lowest BCUT2D eigenvalue weighted by molar-refractivity contribution is -0.134. The molecule has 3 rings (SSSR count). The van der Waals surface area contributed by atoms with Gasteiger partial charge in [-0.3, -0.25) is 9.69 Å². The first-order chi connectivity index (χ1) is 10.8. The maximum Gasteiger partial charge on any atom is 0.411 e. The number of carbonyl (C=O) groups excluding carboxylic acids is 2. The Hall–Kier alpha value is -1.69. The second kappa shape index (κ2) is 7.05. The van der Waals surface area contributed by atoms with E-state index < -0.39 is 6.09 Å². The highest BCUT2D eigenvalue weighted by Gasteiger charge is 2.38. The lowest BCUT2D eigenvalue weighted by Crippen LogP contribution is -2.48. The van der Waals surface area contributed by atoms with Gasteiger partial charge in [-0.15, -0.1) is 11.8 Å². The molecular weight excluding hydrogens is 300 g/mol. The van der Waals surface area contributed by atoms with Crippen LogP contribution in [0.15, 0.2) is 30.3 Å². The first kappa shape index (κ1) is 15.2. The molecule has 1 aromatic carbocycles. The number of ether oxygens (including phenoxy) is 1. The van der Waals surface area contributed by atoms with Crippen LogP contribution >= 0.6 is 11.8 Å². The SMILES string of the molecule is O=C([C@@H]1CSCN1C(=O)OCc1ccccc1)N1CCCC1. The van der Waals surface area contributed by atoms with Crippen LogP contribution in [0.5, 0.6) is 0 Å². The summed E-state index contributed by atoms with van der Waals surface area (Å²) in [6.45, 7) is 1.87. The van der Waals surface area contributed by atoms with E-state index in [2.05, 4.69) is 0 Å². The van der Waals surface area contributed by atoms with Crippen LogP contribution in [0, 0.1) is 0 Å². The Morgan fingerprint density at radius 3 is 2.64 bits per heavy atom. The summed E-state index contributed by atoms with van der Waals surface area (Å²) < 4.78 is 5.36. The fourth-order valence-electron chi connectivity index (χ4n) is 2.78. The summed E-state index contributed by atoms with van der Waals surface area (Å²) in [5, 5.41) is 0. The van der Waals surface area contributed by atoms with Crippen molar-refractivity contribution in [2.75, 3.05) is 24.7 Å². The van der Waals surface area contributed by atoms with Crippen LogP contribution < -0.4 is 0 Å². The van der Waals surface area contributed by atoms with E-state index >= 15 is 0 Å². The quantitative estimate of drug-likeness (QED) is 0.857. The molecule has 1 aromatic rings. The summed E-state index contributed by atoms with van der Waals surface area (Å²) in [7, 11) is 0. The number of carbonyl (C=O) groups is 2. The first-order valence-corrected chi connectivity index (χ1v) is 8.75. The monoisotopic (exact) mass is 320 g/mol. The Kier molecular flexibility index (Phi) is 4.87. The van der Waals surface area contributed by atoms with Crippen LogP contribution in [0.3, 0.4) is 0 Å². The molecule has 2 aliphatic rings. The maximum atomic E-state index is 12.5. The largest absolute Gasteiger partial charge is 0.445 e. The van der Waals surface area contributed by atoms with Gasteiger partial charge in [0.1, 0.15) is 12.6 Å². The number of thioether (sulfide) groups is 1. The predicted molar refractivity (Wildman–Crippen MR) is 85.4 cm³/mol. The number of benzene rings is 1. The van der Waals surface area contributed by atoms with E-state index in [1.165, 1.54) is 0 Å². The van der Waals surface area contributed by atoms with Crippen molar-refractivity contribution in [1.82, 2.24) is 9.80 Å². The molecule has 0 saturated carbocycles. The van der Waals surface area contributed by atoms with Crippen molar-refractivity contribution in [3.63, 3.8) is 0 Å². The van der Waals surface area contributed by atoms with Gasteiger partial charge < -0.3 is 9.64 Å². The van der Waals surface area contributed by atoms with Crippen LogP contribution in [-0.4, -0.2) is 52.6 Å². The molecule has 1 atom stereocenters. The minimum absolute atomic E-state index is 0.0687. The van der Waals surface area contributed by atoms with E-state index in [9.17, 15) is 9.59 Å². The molecule has 0 spiro atoms. The third-order valence-corrected chi connectivity index (χ3v) is 5.04. The minimum Gasteiger partial charge on any atom is -0.445 e. The molecule has 2 heterocycles. The summed E-state index contributed by atoms with van der Waals surface area (Å²) in [5.41, 5.74) is 0.949. The normalized spacial score (nSPS) is 21.2. The van der Waals surface area contributed by atoms with Crippen LogP contribution in [0.25, 0.3) is 0 Å². The first-order valence-electron chi connectivity index (χ1n) is 7.59. The van der Waals surface area contributed by atoms with E-state index in [0.29, 0.717) is 11.6 Å². The summed E-state index contributed by atoms with van der Waals surface area (Å²) in [4.78, 5) is 28.2. The van der Waals surface area contributed by atoms with E-state index in [1.807, 2.05) is 35.2 Å². The average molecular weight is 320 g/mol. The van der Waals surface area contributed by atoms with Gasteiger partial charge in [0.2, 0.25) is 5.91 Å². The lowest BCUT2D eigenvalue weighted by atomic mass is 10.2. The molecule has 22 heavy (non-hydrogen) atoms. The van der Waals surface area contributed by atoms with Crippen molar-refractivity contribution < 1.29 is 14.3 Å². The molecule has 6 heteroatoms. The highest BCUT2D eigenvalue weighted by Crippen LogP contribution is 2.25. The Labute approximate surface area is 134 Å². The fourth-order valence-corrected chi connectivity index (χ4v) is 3.91. The van der Waals surface area contributed by atoms with Crippen molar-refractivity contribution in [3.05, 3.63) is 35.9 Å². The van der Waals surface area contributed by atoms with Crippen LogP contribution in [-0.2, 0) is 16.1 Å². The topological polar surface area (TPSA) is 49.9 Å². The molecule has 0 radical (unpaired) electrons. The van der Waals surface area contributed by atoms with E-state index in [0.717, 1.165) is 31.5 Å². The molecule has 0 unspecified atom stereocenters. The molecule has 2 aliphatic heterocycles. The third kappa shape index (κ3) is 3.38. The highest BCUT2D eigenvalue weighted by molar-refractivity contribution is 7.99. The number of rotatable bonds is 3. The zero-order valence-electron chi connectivity index (χ0n) is 12.4. The second-order valence-electron chi connectivity index (χ2n) is 5.56. The Balaban J connectivity index is 1.57. The molecule has 5 nitrogen and oxygen atoms in total. The number of likely N-dealkylation sites (tertiary alicyclic amines) is 1. The van der Waals surface area contributed by atoms with Crippen molar-refractivity contribution >= 4 is 23.8 Å². The van der Waals surface area contributed by atoms with Gasteiger partial charge in [0.05, 0.1) is 5.88 Å². The summed E-state index contributed by atoms with van der Waals surface area (Å²) in [6.07, 6.45) is 1.72. The summed E-state index contributed by atoms with van der Waals surface area (Å²) >= 11 is 1.60. The van der Waals surface area contributed by atoms with Crippen LogP contribution in [0.1, 0.15) is 18.4 Å². The van der Waals surface area contributed by atoms with Crippen molar-refractivity contribution in [3.8, 4) is 0 Å². The van der Waals surface area contributed by atoms with Crippen molar-refractivity contribution in [1.29, 1.82) is 0 Å². The van der Waals surface area contributed by atoms with E-state index in [-0.39, 0.29) is 18.6 Å². The molecule has 2 fully saturated rings. The van der Waals surface area contributed by atoms with E-state index in [4.69, 9.17) is 4.74 Å². The van der Waals surface area contributed by atoms with Gasteiger partial charge in [0, 0.05) is 18.8 Å². The van der Waals surface area contributed by atoms with Crippen LogP contribution in [0.2, 0.25) is 0 Å². The maximum absolute atomic E-state index is 12.5. The molecule has 118 valence electrons. The standard InChI is InChI=1S/C16H20N2O3S/c19-15(17-8-4-5-9-17)14-11-22-12-18(14)16(20)21-10-13-6-2-1-3-7-13/h1-3,6-7,14H,4-5,8-12H2/t14-/m0/s1. The summed E-state index contributed by atoms with van der Waals surface area (Å²) in [5.74, 6) is 1.26. The van der Waals surface area contributed by atoms with E-state index in [1.54, 1.807) is 16.7 Å². The molecule has 0 N–H and O–H groups in total. The van der Waals surface area contributed by atoms with Gasteiger partial charge in [0.15, 0.2) is 0 Å². The number of hydrogen-bond donors (Lipinski definition) is 0. The zero-order chi connectivity index (χ0) is 15.4. The highest BCUT2D eigenvalue weighted by atomic mass is 32.2. The molecule has 0 aliphatic carbocycles. The Bertz CT molecular complexity index is 531. The minimum atomic E-state index is -0.397. The molecule has 2 amide bonds. The van der Waals surface area contributed by atoms with Gasteiger partial charge in [-0.2, -0.15) is 0 Å². The van der Waals surface area contributed by atoms with Gasteiger partial charge in [0.25, 0.3) is 0 Å². The number of hydrogen-bond acceptors (Lipinski definition) is 4. The molecule has 0 aromatic heterocycles. The number of amides is 2. The fraction of sp³-hybridized carbons (Fsp3) is 0.500. The average Bonchev–Trinajstić information content (AvgIpc) is 3.24. The molecule has 2 saturated heterocycles. The smallest absolute Gasteiger partial charge is 0.411 e. The van der Waals surface area contributed by atoms with Gasteiger partial charge in [-0.05, 0) is 18.4 Å². The third-order valence-electron chi connectivity index (χ3n) is 4.02. The molecule has 0 bridgehead atoms. The number of nitrogens with zero attached hydrogens (tertiary/aromatic N) is 2. The Morgan fingerprint density at radius 2 is 1.91 bits per heavy atom.